The van der Waals surface area contributed by atoms with Gasteiger partial charge in [0.1, 0.15) is 12.7 Å². The zero-order valence-corrected chi connectivity index (χ0v) is 40.4. The third-order valence-corrected chi connectivity index (χ3v) is 11.3. The predicted octanol–water partition coefficient (Wildman–Crippen LogP) is 14.6. The Bertz CT molecular complexity index is 1240. The van der Waals surface area contributed by atoms with Crippen molar-refractivity contribution in [3.05, 3.63) is 72.9 Å². The van der Waals surface area contributed by atoms with Crippen LogP contribution in [0.15, 0.2) is 72.9 Å². The van der Waals surface area contributed by atoms with E-state index in [1.54, 1.807) is 0 Å². The number of amides is 1. The lowest BCUT2D eigenvalue weighted by Gasteiger charge is -2.15. The average molecular weight is 890 g/mol. The van der Waals surface area contributed by atoms with Crippen molar-refractivity contribution in [2.45, 2.75) is 219 Å². The molecule has 0 aromatic rings. The number of phosphoric acid groups is 1. The maximum absolute atomic E-state index is 12.1. The minimum Gasteiger partial charge on any atom is -0.463 e. The van der Waals surface area contributed by atoms with E-state index in [0.717, 1.165) is 83.5 Å². The van der Waals surface area contributed by atoms with E-state index in [-0.39, 0.29) is 32.1 Å². The summed E-state index contributed by atoms with van der Waals surface area (Å²) in [6, 6.07) is 0. The molecule has 10 heteroatoms. The molecule has 3 N–H and O–H groups in total. The van der Waals surface area contributed by atoms with Crippen LogP contribution in [0.3, 0.4) is 0 Å². The predicted molar refractivity (Wildman–Crippen MR) is 261 cm³/mol. The van der Waals surface area contributed by atoms with Gasteiger partial charge in [-0.3, -0.25) is 18.6 Å². The number of carbonyl (C=O) groups excluding carboxylic acids is 2. The van der Waals surface area contributed by atoms with Gasteiger partial charge < -0.3 is 20.1 Å². The van der Waals surface area contributed by atoms with Gasteiger partial charge in [-0.15, -0.1) is 0 Å². The summed E-state index contributed by atoms with van der Waals surface area (Å²) in [4.78, 5) is 34.0. The van der Waals surface area contributed by atoms with Crippen molar-refractivity contribution in [2.24, 2.45) is 0 Å². The molecular formula is C52H92NO8P. The molecule has 0 aliphatic heterocycles. The molecule has 0 fully saturated rings. The topological polar surface area (TPSA) is 131 Å². The Kier molecular flexibility index (Phi) is 45.9. The molecule has 0 bridgehead atoms. The lowest BCUT2D eigenvalue weighted by molar-refractivity contribution is -0.147. The number of rotatable bonds is 46. The first-order chi connectivity index (χ1) is 30.3. The van der Waals surface area contributed by atoms with E-state index in [2.05, 4.69) is 92.1 Å². The molecule has 0 rings (SSSR count). The zero-order chi connectivity index (χ0) is 45.3. The van der Waals surface area contributed by atoms with Crippen LogP contribution in [-0.2, 0) is 27.9 Å². The lowest BCUT2D eigenvalue weighted by Crippen LogP contribution is -2.27. The highest BCUT2D eigenvalue weighted by atomic mass is 31.2. The summed E-state index contributed by atoms with van der Waals surface area (Å²) in [6.07, 6.45) is 59.7. The van der Waals surface area contributed by atoms with Crippen molar-refractivity contribution < 1.29 is 37.9 Å². The van der Waals surface area contributed by atoms with Crippen molar-refractivity contribution in [1.29, 1.82) is 0 Å². The second-order valence-corrected chi connectivity index (χ2v) is 17.9. The van der Waals surface area contributed by atoms with E-state index in [1.807, 2.05) is 0 Å². The van der Waals surface area contributed by atoms with E-state index in [4.69, 9.17) is 13.8 Å². The molecule has 2 atom stereocenters. The first-order valence-electron chi connectivity index (χ1n) is 24.9. The van der Waals surface area contributed by atoms with E-state index in [9.17, 15) is 24.2 Å². The standard InChI is InChI=1S/C52H92NO8P/c1-3-5-7-9-11-13-15-17-19-21-23-24-25-26-27-29-31-33-35-37-39-41-43-45-52(56)59-48-50(54)49-61-62(57,58)60-47-46-53-51(55)44-42-40-38-36-34-32-30-28-22-20-18-16-14-12-10-8-6-4-2/h11,13-14,16-17,19-20,22-24,26-27,50,54H,3-10,12,15,18,21,25,28-49H2,1-2H3,(H,53,55)(H,57,58)/b13-11-,16-14-,19-17-,22-20-,24-23-,27-26-. The molecule has 9 nitrogen and oxygen atoms in total. The van der Waals surface area contributed by atoms with Gasteiger partial charge in [0, 0.05) is 19.4 Å². The molecule has 1 amide bonds. The first-order valence-corrected chi connectivity index (χ1v) is 26.4. The van der Waals surface area contributed by atoms with Gasteiger partial charge in [-0.1, -0.05) is 183 Å². The average Bonchev–Trinajstić information content (AvgIpc) is 3.26. The fourth-order valence-electron chi connectivity index (χ4n) is 6.57. The number of aliphatic hydroxyl groups is 1. The van der Waals surface area contributed by atoms with Crippen LogP contribution >= 0.6 is 7.82 Å². The van der Waals surface area contributed by atoms with Gasteiger partial charge in [-0.25, -0.2) is 4.57 Å². The van der Waals surface area contributed by atoms with Crippen molar-refractivity contribution in [3.63, 3.8) is 0 Å². The molecule has 358 valence electrons. The molecule has 0 aliphatic carbocycles. The molecule has 62 heavy (non-hydrogen) atoms. The molecule has 0 radical (unpaired) electrons. The second-order valence-electron chi connectivity index (χ2n) is 16.4. The quantitative estimate of drug-likeness (QED) is 0.0238. The lowest BCUT2D eigenvalue weighted by atomic mass is 10.1. The first kappa shape index (κ1) is 59.5. The summed E-state index contributed by atoms with van der Waals surface area (Å²) < 4.78 is 27.0. The molecule has 0 aromatic heterocycles. The van der Waals surface area contributed by atoms with Crippen molar-refractivity contribution in [2.75, 3.05) is 26.4 Å². The van der Waals surface area contributed by atoms with Crippen molar-refractivity contribution >= 4 is 19.7 Å². The number of esters is 1. The van der Waals surface area contributed by atoms with Crippen molar-refractivity contribution in [3.8, 4) is 0 Å². The summed E-state index contributed by atoms with van der Waals surface area (Å²) >= 11 is 0. The maximum Gasteiger partial charge on any atom is 0.472 e. The zero-order valence-electron chi connectivity index (χ0n) is 39.5. The Labute approximate surface area is 380 Å². The number of ether oxygens (including phenoxy) is 1. The maximum atomic E-state index is 12.1. The van der Waals surface area contributed by atoms with Crippen LogP contribution in [0.25, 0.3) is 0 Å². The Morgan fingerprint density at radius 2 is 0.871 bits per heavy atom. The Hall–Kier alpha value is -2.55. The van der Waals surface area contributed by atoms with Gasteiger partial charge in [-0.05, 0) is 89.9 Å². The van der Waals surface area contributed by atoms with E-state index in [1.165, 1.54) is 103 Å². The van der Waals surface area contributed by atoms with Crippen LogP contribution < -0.4 is 5.32 Å². The Morgan fingerprint density at radius 1 is 0.500 bits per heavy atom. The summed E-state index contributed by atoms with van der Waals surface area (Å²) in [5, 5.41) is 12.7. The molecule has 0 aliphatic rings. The summed E-state index contributed by atoms with van der Waals surface area (Å²) in [7, 11) is -4.43. The fraction of sp³-hybridized carbons (Fsp3) is 0.731. The Morgan fingerprint density at radius 3 is 1.34 bits per heavy atom. The molecule has 0 heterocycles. The number of phosphoric ester groups is 1. The molecular weight excluding hydrogens is 798 g/mol. The SMILES string of the molecule is CCCCC/C=C\C/C=C\C/C=C\C/C=C\CCCCCCCCCC(=O)OCC(O)COP(=O)(O)OCCNC(=O)CCCCCCCCC/C=C\C/C=C\CCCCCC. The third-order valence-electron chi connectivity index (χ3n) is 10.4. The summed E-state index contributed by atoms with van der Waals surface area (Å²) in [5.74, 6) is -0.536. The third kappa shape index (κ3) is 48.5. The number of aliphatic hydroxyl groups excluding tert-OH is 1. The van der Waals surface area contributed by atoms with E-state index < -0.39 is 26.5 Å². The normalized spacial score (nSPS) is 13.8. The number of nitrogens with one attached hydrogen (secondary N) is 1. The smallest absolute Gasteiger partial charge is 0.463 e. The monoisotopic (exact) mass is 890 g/mol. The summed E-state index contributed by atoms with van der Waals surface area (Å²) in [5.41, 5.74) is 0. The number of unbranched alkanes of at least 4 members (excludes halogenated alkanes) is 21. The van der Waals surface area contributed by atoms with E-state index in [0.29, 0.717) is 6.42 Å². The minimum absolute atomic E-state index is 0.0729. The van der Waals surface area contributed by atoms with Gasteiger partial charge in [0.05, 0.1) is 13.2 Å². The largest absolute Gasteiger partial charge is 0.472 e. The van der Waals surface area contributed by atoms with E-state index >= 15 is 0 Å². The van der Waals surface area contributed by atoms with Gasteiger partial charge in [-0.2, -0.15) is 0 Å². The molecule has 0 spiro atoms. The number of carbonyl (C=O) groups is 2. The van der Waals surface area contributed by atoms with Crippen LogP contribution in [0.5, 0.6) is 0 Å². The van der Waals surface area contributed by atoms with Gasteiger partial charge in [0.2, 0.25) is 5.91 Å². The fourth-order valence-corrected chi connectivity index (χ4v) is 7.33. The highest BCUT2D eigenvalue weighted by molar-refractivity contribution is 7.47. The van der Waals surface area contributed by atoms with Gasteiger partial charge in [0.25, 0.3) is 0 Å². The molecule has 2 unspecified atom stereocenters. The Balaban J connectivity index is 3.62. The van der Waals surface area contributed by atoms with Crippen LogP contribution in [0.1, 0.15) is 213 Å². The number of allylic oxidation sites excluding steroid dienone is 12. The second kappa shape index (κ2) is 47.9. The number of hydrogen-bond donors (Lipinski definition) is 3. The molecule has 0 aromatic carbocycles. The van der Waals surface area contributed by atoms with Gasteiger partial charge in [0.15, 0.2) is 0 Å². The van der Waals surface area contributed by atoms with Crippen LogP contribution in [0.2, 0.25) is 0 Å². The number of hydrogen-bond acceptors (Lipinski definition) is 7. The van der Waals surface area contributed by atoms with Crippen molar-refractivity contribution in [1.82, 2.24) is 5.32 Å². The minimum atomic E-state index is -4.43. The molecule has 0 saturated carbocycles. The van der Waals surface area contributed by atoms with Crippen LogP contribution in [0, 0.1) is 0 Å². The van der Waals surface area contributed by atoms with Gasteiger partial charge >= 0.3 is 13.8 Å². The highest BCUT2D eigenvalue weighted by Gasteiger charge is 2.23. The summed E-state index contributed by atoms with van der Waals surface area (Å²) in [6.45, 7) is 3.49. The van der Waals surface area contributed by atoms with Crippen LogP contribution in [-0.4, -0.2) is 54.3 Å². The van der Waals surface area contributed by atoms with Crippen LogP contribution in [0.4, 0.5) is 0 Å². The molecule has 0 saturated heterocycles. The highest BCUT2D eigenvalue weighted by Crippen LogP contribution is 2.42.